The van der Waals surface area contributed by atoms with Gasteiger partial charge in [-0.2, -0.15) is 0 Å². The second-order valence-electron chi connectivity index (χ2n) is 5.05. The van der Waals surface area contributed by atoms with Crippen molar-refractivity contribution in [2.45, 2.75) is 31.4 Å². The Balaban J connectivity index is 2.46. The van der Waals surface area contributed by atoms with Gasteiger partial charge in [0.05, 0.1) is 11.1 Å². The summed E-state index contributed by atoms with van der Waals surface area (Å²) in [5, 5.41) is 10.5. The van der Waals surface area contributed by atoms with Crippen LogP contribution in [0.25, 0.3) is 0 Å². The summed E-state index contributed by atoms with van der Waals surface area (Å²) in [5.41, 5.74) is -0.663. The van der Waals surface area contributed by atoms with E-state index in [4.69, 9.17) is 16.3 Å². The number of ether oxygens (including phenoxy) is 1. The highest BCUT2D eigenvalue weighted by Gasteiger charge is 2.16. The molecule has 0 aliphatic carbocycles. The van der Waals surface area contributed by atoms with E-state index >= 15 is 0 Å². The van der Waals surface area contributed by atoms with Crippen LogP contribution in [0.15, 0.2) is 18.5 Å². The summed E-state index contributed by atoms with van der Waals surface area (Å²) in [7, 11) is -1.14. The third kappa shape index (κ3) is 4.89. The average molecular weight is 277 g/mol. The van der Waals surface area contributed by atoms with E-state index in [0.29, 0.717) is 6.61 Å². The van der Waals surface area contributed by atoms with E-state index in [1.807, 2.05) is 0 Å². The van der Waals surface area contributed by atoms with Gasteiger partial charge in [0, 0.05) is 26.9 Å². The molecular formula is C10H17ClN2O3Si. The van der Waals surface area contributed by atoms with Crippen LogP contribution in [0.4, 0.5) is 5.69 Å². The smallest absolute Gasteiger partial charge is 0.287 e. The maximum atomic E-state index is 10.5. The van der Waals surface area contributed by atoms with Crippen LogP contribution in [-0.2, 0) is 4.74 Å². The zero-order valence-electron chi connectivity index (χ0n) is 10.2. The molecule has 0 saturated carbocycles. The summed E-state index contributed by atoms with van der Waals surface area (Å²) >= 11 is 5.99. The minimum Gasteiger partial charge on any atom is -0.345 e. The predicted octanol–water partition coefficient (Wildman–Crippen LogP) is 3.45. The number of halogens is 1. The monoisotopic (exact) mass is 276 g/mol. The number of aromatic nitrogens is 1. The molecule has 0 fully saturated rings. The summed E-state index contributed by atoms with van der Waals surface area (Å²) in [4.78, 5) is 10.0. The maximum absolute atomic E-state index is 10.5. The Morgan fingerprint density at radius 1 is 1.59 bits per heavy atom. The van der Waals surface area contributed by atoms with Gasteiger partial charge in [-0.05, 0) is 6.04 Å². The van der Waals surface area contributed by atoms with E-state index in [-0.39, 0.29) is 5.69 Å². The van der Waals surface area contributed by atoms with E-state index in [9.17, 15) is 10.1 Å². The molecule has 0 aromatic carbocycles. The van der Waals surface area contributed by atoms with E-state index < -0.39 is 18.7 Å². The van der Waals surface area contributed by atoms with Gasteiger partial charge in [-0.15, -0.1) is 0 Å². The highest BCUT2D eigenvalue weighted by Crippen LogP contribution is 2.20. The van der Waals surface area contributed by atoms with Crippen molar-refractivity contribution in [2.75, 3.05) is 6.61 Å². The van der Waals surface area contributed by atoms with E-state index in [1.54, 1.807) is 6.20 Å². The number of hydrogen-bond donors (Lipinski definition) is 0. The van der Waals surface area contributed by atoms with E-state index in [0.717, 1.165) is 6.04 Å². The Labute approximate surface area is 106 Å². The van der Waals surface area contributed by atoms with Crippen molar-refractivity contribution in [2.24, 2.45) is 0 Å². The third-order valence-electron chi connectivity index (χ3n) is 2.25. The van der Waals surface area contributed by atoms with E-state index in [1.165, 1.54) is 16.8 Å². The van der Waals surface area contributed by atoms with Gasteiger partial charge in [0.15, 0.2) is 0 Å². The van der Waals surface area contributed by atoms with Crippen molar-refractivity contribution in [3.05, 3.63) is 28.6 Å². The summed E-state index contributed by atoms with van der Waals surface area (Å²) in [6.45, 7) is 7.33. The molecule has 0 N–H and O–H groups in total. The molecule has 17 heavy (non-hydrogen) atoms. The molecule has 0 spiro atoms. The molecule has 0 saturated heterocycles. The van der Waals surface area contributed by atoms with Crippen LogP contribution in [0.2, 0.25) is 25.7 Å². The molecule has 0 aliphatic rings. The van der Waals surface area contributed by atoms with Gasteiger partial charge in [0.25, 0.3) is 5.69 Å². The first-order valence-corrected chi connectivity index (χ1v) is 9.51. The van der Waals surface area contributed by atoms with Gasteiger partial charge in [0.2, 0.25) is 5.69 Å². The first-order chi connectivity index (χ1) is 7.79. The number of nitro groups is 1. The Morgan fingerprint density at radius 3 is 2.71 bits per heavy atom. The van der Waals surface area contributed by atoms with Gasteiger partial charge >= 0.3 is 0 Å². The number of alkyl halides is 1. The van der Waals surface area contributed by atoms with Crippen molar-refractivity contribution in [1.82, 2.24) is 4.57 Å². The first kappa shape index (κ1) is 14.2. The van der Waals surface area contributed by atoms with Gasteiger partial charge in [-0.25, -0.2) is 0 Å². The van der Waals surface area contributed by atoms with Gasteiger partial charge in [-0.3, -0.25) is 10.1 Å². The fraction of sp³-hybridized carbons (Fsp3) is 0.600. The van der Waals surface area contributed by atoms with Crippen LogP contribution >= 0.6 is 11.6 Å². The van der Waals surface area contributed by atoms with Crippen LogP contribution in [0.3, 0.4) is 0 Å². The Hall–Kier alpha value is -0.853. The Morgan fingerprint density at radius 2 is 2.24 bits per heavy atom. The van der Waals surface area contributed by atoms with Crippen molar-refractivity contribution >= 4 is 25.4 Å². The molecular weight excluding hydrogens is 260 g/mol. The summed E-state index contributed by atoms with van der Waals surface area (Å²) in [6.07, 6.45) is 2.91. The Kier molecular flexibility index (Phi) is 4.73. The van der Waals surface area contributed by atoms with Gasteiger partial charge in [0.1, 0.15) is 0 Å². The standard InChI is InChI=1S/C10H17ClN2O3Si/c1-17(2,3)7-6-16-10(11)12-5-4-9(8-12)13(14)15/h4-5,8,10H,6-7H2,1-3H3. The second kappa shape index (κ2) is 5.66. The molecule has 0 amide bonds. The van der Waals surface area contributed by atoms with Crippen molar-refractivity contribution < 1.29 is 9.66 Å². The molecule has 96 valence electrons. The van der Waals surface area contributed by atoms with Crippen LogP contribution in [-0.4, -0.2) is 24.2 Å². The number of rotatable bonds is 6. The molecule has 0 radical (unpaired) electrons. The molecule has 1 rings (SSSR count). The molecule has 1 aromatic rings. The average Bonchev–Trinajstić information content (AvgIpc) is 2.63. The summed E-state index contributed by atoms with van der Waals surface area (Å²) in [5.74, 6) is 0. The zero-order valence-corrected chi connectivity index (χ0v) is 12.0. The molecule has 0 aliphatic heterocycles. The second-order valence-corrected chi connectivity index (χ2v) is 11.0. The van der Waals surface area contributed by atoms with E-state index in [2.05, 4.69) is 19.6 Å². The summed E-state index contributed by atoms with van der Waals surface area (Å²) in [6, 6.07) is 2.41. The van der Waals surface area contributed by atoms with Crippen molar-refractivity contribution in [3.8, 4) is 0 Å². The molecule has 0 bridgehead atoms. The van der Waals surface area contributed by atoms with Crippen LogP contribution in [0.5, 0.6) is 0 Å². The van der Waals surface area contributed by atoms with Gasteiger partial charge in [-0.1, -0.05) is 31.2 Å². The van der Waals surface area contributed by atoms with Crippen LogP contribution < -0.4 is 0 Å². The van der Waals surface area contributed by atoms with Crippen molar-refractivity contribution in [1.29, 1.82) is 0 Å². The first-order valence-electron chi connectivity index (χ1n) is 5.37. The minimum absolute atomic E-state index is 0.0180. The fourth-order valence-corrected chi connectivity index (χ4v) is 2.12. The summed E-state index contributed by atoms with van der Waals surface area (Å²) < 4.78 is 6.93. The Bertz CT molecular complexity index is 389. The SMILES string of the molecule is C[Si](C)(C)CCOC(Cl)n1ccc([N+](=O)[O-])c1. The fourth-order valence-electron chi connectivity index (χ4n) is 1.18. The molecule has 1 unspecified atom stereocenters. The molecule has 1 atom stereocenters. The quantitative estimate of drug-likeness (QED) is 0.346. The van der Waals surface area contributed by atoms with Gasteiger partial charge < -0.3 is 9.30 Å². The predicted molar refractivity (Wildman–Crippen MR) is 70.1 cm³/mol. The number of hydrogen-bond acceptors (Lipinski definition) is 3. The van der Waals surface area contributed by atoms with Crippen LogP contribution in [0, 0.1) is 10.1 Å². The molecule has 1 aromatic heterocycles. The maximum Gasteiger partial charge on any atom is 0.287 e. The number of nitrogens with zero attached hydrogens (tertiary/aromatic N) is 2. The highest BCUT2D eigenvalue weighted by atomic mass is 35.5. The molecule has 1 heterocycles. The van der Waals surface area contributed by atoms with Crippen molar-refractivity contribution in [3.63, 3.8) is 0 Å². The topological polar surface area (TPSA) is 57.3 Å². The normalized spacial score (nSPS) is 13.6. The third-order valence-corrected chi connectivity index (χ3v) is 4.31. The lowest BCUT2D eigenvalue weighted by Gasteiger charge is -2.18. The zero-order chi connectivity index (χ0) is 13.1. The molecule has 5 nitrogen and oxygen atoms in total. The highest BCUT2D eigenvalue weighted by molar-refractivity contribution is 6.76. The lowest BCUT2D eigenvalue weighted by atomic mass is 10.6. The largest absolute Gasteiger partial charge is 0.345 e. The van der Waals surface area contributed by atoms with Crippen LogP contribution in [0.1, 0.15) is 5.69 Å². The lowest BCUT2D eigenvalue weighted by Crippen LogP contribution is -2.22. The lowest BCUT2D eigenvalue weighted by molar-refractivity contribution is -0.384. The minimum atomic E-state index is -1.14. The molecule has 7 heteroatoms.